The average molecular weight is 282 g/mol. The van der Waals surface area contributed by atoms with Crippen LogP contribution in [-0.2, 0) is 13.0 Å². The van der Waals surface area contributed by atoms with Crippen LogP contribution >= 0.6 is 0 Å². The van der Waals surface area contributed by atoms with Gasteiger partial charge in [-0.25, -0.2) is 0 Å². The maximum absolute atomic E-state index is 5.80. The molecule has 0 fully saturated rings. The van der Waals surface area contributed by atoms with Crippen molar-refractivity contribution >= 4 is 0 Å². The zero-order chi connectivity index (χ0) is 14.8. The molecule has 1 heteroatoms. The van der Waals surface area contributed by atoms with Crippen LogP contribution in [0.15, 0.2) is 54.6 Å². The number of aryl methyl sites for hydroxylation is 1. The number of rotatable bonds is 9. The maximum Gasteiger partial charge on any atom is 0.119 e. The van der Waals surface area contributed by atoms with E-state index in [0.29, 0.717) is 6.61 Å². The molecule has 0 saturated carbocycles. The Balaban J connectivity index is 1.71. The molecule has 0 spiro atoms. The summed E-state index contributed by atoms with van der Waals surface area (Å²) in [6.45, 7) is 2.89. The Morgan fingerprint density at radius 2 is 1.43 bits per heavy atom. The first-order valence-electron chi connectivity index (χ1n) is 8.14. The van der Waals surface area contributed by atoms with E-state index in [9.17, 15) is 0 Å². The normalized spacial score (nSPS) is 10.5. The molecule has 2 aromatic carbocycles. The van der Waals surface area contributed by atoms with Gasteiger partial charge in [0.05, 0.1) is 0 Å². The van der Waals surface area contributed by atoms with Gasteiger partial charge in [0.15, 0.2) is 0 Å². The first kappa shape index (κ1) is 15.6. The third kappa shape index (κ3) is 6.03. The van der Waals surface area contributed by atoms with Crippen molar-refractivity contribution in [1.82, 2.24) is 0 Å². The van der Waals surface area contributed by atoms with Crippen molar-refractivity contribution in [2.45, 2.75) is 52.1 Å². The molecule has 0 heterocycles. The molecular weight excluding hydrogens is 256 g/mol. The molecule has 0 bridgehead atoms. The van der Waals surface area contributed by atoms with Crippen molar-refractivity contribution in [2.75, 3.05) is 0 Å². The molecular formula is C20H26O. The molecule has 112 valence electrons. The second-order valence-electron chi connectivity index (χ2n) is 5.58. The lowest BCUT2D eigenvalue weighted by Gasteiger charge is -2.07. The summed E-state index contributed by atoms with van der Waals surface area (Å²) in [6, 6.07) is 18.9. The van der Waals surface area contributed by atoms with Crippen LogP contribution < -0.4 is 4.74 Å². The van der Waals surface area contributed by atoms with E-state index in [1.165, 1.54) is 49.7 Å². The van der Waals surface area contributed by atoms with Gasteiger partial charge < -0.3 is 4.74 Å². The molecule has 0 radical (unpaired) electrons. The van der Waals surface area contributed by atoms with Crippen LogP contribution in [-0.4, -0.2) is 0 Å². The van der Waals surface area contributed by atoms with Crippen molar-refractivity contribution in [2.24, 2.45) is 0 Å². The fourth-order valence-electron chi connectivity index (χ4n) is 2.43. The minimum atomic E-state index is 0.636. The zero-order valence-electron chi connectivity index (χ0n) is 13.1. The van der Waals surface area contributed by atoms with Crippen LogP contribution in [0.1, 0.15) is 50.2 Å². The fourth-order valence-corrected chi connectivity index (χ4v) is 2.43. The van der Waals surface area contributed by atoms with Crippen LogP contribution in [0.4, 0.5) is 0 Å². The highest BCUT2D eigenvalue weighted by Gasteiger charge is 1.97. The summed E-state index contributed by atoms with van der Waals surface area (Å²) >= 11 is 0. The molecule has 1 nitrogen and oxygen atoms in total. The van der Waals surface area contributed by atoms with Crippen molar-refractivity contribution in [3.8, 4) is 5.75 Å². The smallest absolute Gasteiger partial charge is 0.119 e. The van der Waals surface area contributed by atoms with Gasteiger partial charge in [-0.05, 0) is 36.1 Å². The molecule has 0 amide bonds. The molecule has 21 heavy (non-hydrogen) atoms. The van der Waals surface area contributed by atoms with E-state index >= 15 is 0 Å². The molecule has 0 aliphatic rings. The maximum atomic E-state index is 5.80. The van der Waals surface area contributed by atoms with Crippen LogP contribution in [0, 0.1) is 0 Å². The molecule has 0 saturated heterocycles. The van der Waals surface area contributed by atoms with Gasteiger partial charge in [0.1, 0.15) is 12.4 Å². The Bertz CT molecular complexity index is 487. The van der Waals surface area contributed by atoms with Gasteiger partial charge in [-0.1, -0.05) is 75.1 Å². The van der Waals surface area contributed by atoms with E-state index < -0.39 is 0 Å². The van der Waals surface area contributed by atoms with E-state index in [4.69, 9.17) is 4.74 Å². The van der Waals surface area contributed by atoms with E-state index in [-0.39, 0.29) is 0 Å². The Kier molecular flexibility index (Phi) is 6.87. The van der Waals surface area contributed by atoms with Gasteiger partial charge in [0.25, 0.3) is 0 Å². The topological polar surface area (TPSA) is 9.23 Å². The Labute approximate surface area is 129 Å². The third-order valence-corrected chi connectivity index (χ3v) is 3.74. The third-order valence-electron chi connectivity index (χ3n) is 3.74. The summed E-state index contributed by atoms with van der Waals surface area (Å²) < 4.78 is 5.80. The first-order chi connectivity index (χ1) is 10.4. The van der Waals surface area contributed by atoms with E-state index in [0.717, 1.165) is 5.75 Å². The van der Waals surface area contributed by atoms with Crippen LogP contribution in [0.2, 0.25) is 0 Å². The highest BCUT2D eigenvalue weighted by atomic mass is 16.5. The first-order valence-corrected chi connectivity index (χ1v) is 8.14. The fraction of sp³-hybridized carbons (Fsp3) is 0.400. The highest BCUT2D eigenvalue weighted by Crippen LogP contribution is 2.16. The molecule has 0 unspecified atom stereocenters. The number of ether oxygens (including phenoxy) is 1. The summed E-state index contributed by atoms with van der Waals surface area (Å²) in [4.78, 5) is 0. The largest absolute Gasteiger partial charge is 0.489 e. The molecule has 0 atom stereocenters. The van der Waals surface area contributed by atoms with Crippen LogP contribution in [0.3, 0.4) is 0 Å². The highest BCUT2D eigenvalue weighted by molar-refractivity contribution is 5.27. The SMILES string of the molecule is CCCCCCCc1ccc(OCc2ccccc2)cc1. The van der Waals surface area contributed by atoms with Gasteiger partial charge in [-0.2, -0.15) is 0 Å². The Morgan fingerprint density at radius 3 is 2.14 bits per heavy atom. The minimum absolute atomic E-state index is 0.636. The Morgan fingerprint density at radius 1 is 0.714 bits per heavy atom. The second kappa shape index (κ2) is 9.23. The van der Waals surface area contributed by atoms with Gasteiger partial charge in [-0.15, -0.1) is 0 Å². The van der Waals surface area contributed by atoms with Gasteiger partial charge >= 0.3 is 0 Å². The van der Waals surface area contributed by atoms with Crippen LogP contribution in [0.25, 0.3) is 0 Å². The van der Waals surface area contributed by atoms with Crippen molar-refractivity contribution in [3.05, 3.63) is 65.7 Å². The number of hydrogen-bond donors (Lipinski definition) is 0. The van der Waals surface area contributed by atoms with Crippen LogP contribution in [0.5, 0.6) is 5.75 Å². The van der Waals surface area contributed by atoms with Crippen molar-refractivity contribution < 1.29 is 4.74 Å². The van der Waals surface area contributed by atoms with Crippen molar-refractivity contribution in [3.63, 3.8) is 0 Å². The lowest BCUT2D eigenvalue weighted by molar-refractivity contribution is 0.306. The van der Waals surface area contributed by atoms with E-state index in [1.807, 2.05) is 18.2 Å². The zero-order valence-corrected chi connectivity index (χ0v) is 13.1. The molecule has 0 aliphatic heterocycles. The average Bonchev–Trinajstić information content (AvgIpc) is 2.55. The summed E-state index contributed by atoms with van der Waals surface area (Å²) in [7, 11) is 0. The van der Waals surface area contributed by atoms with Crippen molar-refractivity contribution in [1.29, 1.82) is 0 Å². The summed E-state index contributed by atoms with van der Waals surface area (Å²) in [5.41, 5.74) is 2.62. The Hall–Kier alpha value is -1.76. The summed E-state index contributed by atoms with van der Waals surface area (Å²) in [5.74, 6) is 0.952. The molecule has 0 N–H and O–H groups in total. The lowest BCUT2D eigenvalue weighted by Crippen LogP contribution is -1.95. The molecule has 0 aromatic heterocycles. The lowest BCUT2D eigenvalue weighted by atomic mass is 10.1. The summed E-state index contributed by atoms with van der Waals surface area (Å²) in [5, 5.41) is 0. The summed E-state index contributed by atoms with van der Waals surface area (Å²) in [6.07, 6.45) is 7.88. The number of unbranched alkanes of at least 4 members (excludes halogenated alkanes) is 4. The van der Waals surface area contributed by atoms with Gasteiger partial charge in [0.2, 0.25) is 0 Å². The predicted octanol–water partition coefficient (Wildman–Crippen LogP) is 5.78. The standard InChI is InChI=1S/C20H26O/c1-2-3-4-5-7-10-18-13-15-20(16-14-18)21-17-19-11-8-6-9-12-19/h6,8-9,11-16H,2-5,7,10,17H2,1H3. The minimum Gasteiger partial charge on any atom is -0.489 e. The second-order valence-corrected chi connectivity index (χ2v) is 5.58. The van der Waals surface area contributed by atoms with E-state index in [2.05, 4.69) is 43.3 Å². The molecule has 2 rings (SSSR count). The quantitative estimate of drug-likeness (QED) is 0.530. The van der Waals surface area contributed by atoms with Gasteiger partial charge in [-0.3, -0.25) is 0 Å². The number of hydrogen-bond acceptors (Lipinski definition) is 1. The van der Waals surface area contributed by atoms with Gasteiger partial charge in [0, 0.05) is 0 Å². The number of benzene rings is 2. The monoisotopic (exact) mass is 282 g/mol. The predicted molar refractivity (Wildman–Crippen MR) is 89.7 cm³/mol. The molecule has 0 aliphatic carbocycles. The van der Waals surface area contributed by atoms with E-state index in [1.54, 1.807) is 0 Å². The molecule has 2 aromatic rings.